The van der Waals surface area contributed by atoms with E-state index in [2.05, 4.69) is 39.8 Å². The van der Waals surface area contributed by atoms with Crippen LogP contribution in [0.2, 0.25) is 0 Å². The third-order valence-electron chi connectivity index (χ3n) is 17.5. The number of unbranched alkanes of at least 4 members (excludes halogenated alkanes) is 57. The average molecular weight is 1020 g/mol. The van der Waals surface area contributed by atoms with Crippen LogP contribution < -0.4 is 0 Å². The molecule has 0 radical (unpaired) electrons. The first-order valence-electron chi connectivity index (χ1n) is 35.3. The molecule has 0 unspecified atom stereocenters. The molecule has 0 aliphatic heterocycles. The van der Waals surface area contributed by atoms with Crippen molar-refractivity contribution in [2.24, 2.45) is 0 Å². The largest absolute Gasteiger partial charge is 0.0654 e. The van der Waals surface area contributed by atoms with E-state index in [4.69, 9.17) is 0 Å². The number of rotatable bonds is 63. The van der Waals surface area contributed by atoms with E-state index in [0.29, 0.717) is 0 Å². The fourth-order valence-electron chi connectivity index (χ4n) is 12.4. The van der Waals surface area contributed by atoms with Crippen LogP contribution in [0, 0.1) is 6.92 Å². The Hall–Kier alpha value is -0.780. The highest BCUT2D eigenvalue weighted by Gasteiger charge is 2.11. The lowest BCUT2D eigenvalue weighted by Crippen LogP contribution is -2.03. The Morgan fingerprint density at radius 1 is 0.178 bits per heavy atom. The molecule has 0 atom stereocenters. The van der Waals surface area contributed by atoms with Crippen molar-refractivity contribution < 1.29 is 0 Å². The second-order valence-electron chi connectivity index (χ2n) is 25.0. The molecule has 0 heteroatoms. The van der Waals surface area contributed by atoms with Gasteiger partial charge >= 0.3 is 0 Å². The molecule has 0 heterocycles. The van der Waals surface area contributed by atoms with E-state index in [1.165, 1.54) is 410 Å². The van der Waals surface area contributed by atoms with Crippen LogP contribution in [0.5, 0.6) is 0 Å². The molecule has 432 valence electrons. The van der Waals surface area contributed by atoms with Crippen molar-refractivity contribution >= 4 is 0 Å². The maximum Gasteiger partial charge on any atom is -0.0273 e. The van der Waals surface area contributed by atoms with Crippen molar-refractivity contribution in [3.63, 3.8) is 0 Å². The Morgan fingerprint density at radius 3 is 0.479 bits per heavy atom. The third-order valence-corrected chi connectivity index (χ3v) is 17.5. The maximum atomic E-state index is 2.61. The summed E-state index contributed by atoms with van der Waals surface area (Å²) in [7, 11) is 0. The van der Waals surface area contributed by atoms with Crippen LogP contribution in [0.15, 0.2) is 12.1 Å². The second-order valence-corrected chi connectivity index (χ2v) is 25.0. The summed E-state index contributed by atoms with van der Waals surface area (Å²) < 4.78 is 0. The minimum Gasteiger partial charge on any atom is -0.0654 e. The third kappa shape index (κ3) is 51.7. The van der Waals surface area contributed by atoms with Crippen LogP contribution in [0.1, 0.15) is 428 Å². The molecule has 73 heavy (non-hydrogen) atoms. The normalized spacial score (nSPS) is 11.7. The van der Waals surface area contributed by atoms with Gasteiger partial charge in [0.1, 0.15) is 0 Å². The Kier molecular flexibility index (Phi) is 58.2. The molecule has 0 aliphatic rings. The smallest absolute Gasteiger partial charge is 0.0273 e. The predicted octanol–water partition coefficient (Wildman–Crippen LogP) is 27.1. The lowest BCUT2D eigenvalue weighted by Gasteiger charge is -2.17. The standard InChI is InChI=1S/C73H140/c1-5-8-11-14-17-20-23-26-29-32-35-38-41-44-47-50-53-56-59-62-65-71-68-70(4)69-72(66-63-60-57-54-51-48-45-42-39-36-33-30-27-24-21-18-15-12-9-6-2)73(71)67-64-61-58-55-52-49-46-43-40-37-34-31-28-25-22-19-16-13-10-7-3/h68-69H,5-67H2,1-4H3. The predicted molar refractivity (Wildman–Crippen MR) is 336 cm³/mol. The van der Waals surface area contributed by atoms with E-state index in [1.54, 1.807) is 16.7 Å². The summed E-state index contributed by atoms with van der Waals surface area (Å²) in [6.45, 7) is 9.36. The molecule has 0 nitrogen and oxygen atoms in total. The molecule has 0 aromatic heterocycles. The van der Waals surface area contributed by atoms with E-state index >= 15 is 0 Å². The van der Waals surface area contributed by atoms with Gasteiger partial charge in [-0.3, -0.25) is 0 Å². The summed E-state index contributed by atoms with van der Waals surface area (Å²) >= 11 is 0. The van der Waals surface area contributed by atoms with Crippen LogP contribution in [0.4, 0.5) is 0 Å². The summed E-state index contributed by atoms with van der Waals surface area (Å²) in [5.41, 5.74) is 6.80. The summed E-state index contributed by atoms with van der Waals surface area (Å²) in [5, 5.41) is 0. The second kappa shape index (κ2) is 60.4. The zero-order valence-corrected chi connectivity index (χ0v) is 51.7. The molecule has 1 aromatic rings. The summed E-state index contributed by atoms with van der Waals surface area (Å²) in [6, 6.07) is 5.23. The van der Waals surface area contributed by atoms with Gasteiger partial charge in [0.25, 0.3) is 0 Å². The van der Waals surface area contributed by atoms with E-state index in [9.17, 15) is 0 Å². The first kappa shape index (κ1) is 70.2. The Morgan fingerprint density at radius 2 is 0.315 bits per heavy atom. The van der Waals surface area contributed by atoms with Crippen molar-refractivity contribution in [2.75, 3.05) is 0 Å². The van der Waals surface area contributed by atoms with Gasteiger partial charge in [-0.05, 0) is 62.1 Å². The summed E-state index contributed by atoms with van der Waals surface area (Å²) in [6.07, 6.45) is 91.8. The van der Waals surface area contributed by atoms with E-state index in [-0.39, 0.29) is 0 Å². The molecule has 1 aromatic carbocycles. The first-order chi connectivity index (χ1) is 36.2. The molecule has 0 spiro atoms. The molecule has 0 aliphatic carbocycles. The first-order valence-corrected chi connectivity index (χ1v) is 35.3. The van der Waals surface area contributed by atoms with Crippen LogP contribution in [-0.2, 0) is 19.3 Å². The molecular formula is C73H140. The lowest BCUT2D eigenvalue weighted by molar-refractivity contribution is 0.520. The summed E-state index contributed by atoms with van der Waals surface area (Å²) in [4.78, 5) is 0. The number of hydrogen-bond donors (Lipinski definition) is 0. The van der Waals surface area contributed by atoms with Gasteiger partial charge in [-0.15, -0.1) is 0 Å². The Balaban J connectivity index is 2.31. The van der Waals surface area contributed by atoms with Crippen LogP contribution >= 0.6 is 0 Å². The highest BCUT2D eigenvalue weighted by molar-refractivity contribution is 5.39. The maximum absolute atomic E-state index is 2.61. The van der Waals surface area contributed by atoms with Crippen molar-refractivity contribution in [1.29, 1.82) is 0 Å². The SMILES string of the molecule is CCCCCCCCCCCCCCCCCCCCCCc1cc(C)cc(CCCCCCCCCCCCCCCCCCCCCC)c1CCCCCCCCCCCCCCCCCCCCCC. The molecular weight excluding hydrogens is 877 g/mol. The van der Waals surface area contributed by atoms with Crippen molar-refractivity contribution in [3.8, 4) is 0 Å². The van der Waals surface area contributed by atoms with Gasteiger partial charge in [0.2, 0.25) is 0 Å². The summed E-state index contributed by atoms with van der Waals surface area (Å²) in [5.74, 6) is 0. The van der Waals surface area contributed by atoms with Gasteiger partial charge in [-0.2, -0.15) is 0 Å². The van der Waals surface area contributed by atoms with E-state index in [0.717, 1.165) is 0 Å². The molecule has 0 fully saturated rings. The zero-order chi connectivity index (χ0) is 52.3. The van der Waals surface area contributed by atoms with Crippen molar-refractivity contribution in [3.05, 3.63) is 34.4 Å². The highest BCUT2D eigenvalue weighted by Crippen LogP contribution is 2.26. The van der Waals surface area contributed by atoms with Crippen molar-refractivity contribution in [2.45, 2.75) is 432 Å². The number of aryl methyl sites for hydroxylation is 3. The van der Waals surface area contributed by atoms with Gasteiger partial charge in [0, 0.05) is 0 Å². The van der Waals surface area contributed by atoms with Gasteiger partial charge in [0.15, 0.2) is 0 Å². The molecule has 0 bridgehead atoms. The van der Waals surface area contributed by atoms with Crippen molar-refractivity contribution in [1.82, 2.24) is 0 Å². The van der Waals surface area contributed by atoms with Gasteiger partial charge in [-0.1, -0.05) is 404 Å². The quantitative estimate of drug-likeness (QED) is 0.0571. The van der Waals surface area contributed by atoms with E-state index in [1.807, 2.05) is 0 Å². The lowest BCUT2D eigenvalue weighted by atomic mass is 9.88. The topological polar surface area (TPSA) is 0 Å². The molecule has 0 saturated carbocycles. The molecule has 0 N–H and O–H groups in total. The molecule has 1 rings (SSSR count). The Bertz CT molecular complexity index is 1100. The average Bonchev–Trinajstić information content (AvgIpc) is 3.39. The Labute approximate surface area is 464 Å². The molecule has 0 saturated heterocycles. The van der Waals surface area contributed by atoms with Crippen LogP contribution in [-0.4, -0.2) is 0 Å². The monoisotopic (exact) mass is 1020 g/mol. The van der Waals surface area contributed by atoms with Gasteiger partial charge in [-0.25, -0.2) is 0 Å². The zero-order valence-electron chi connectivity index (χ0n) is 51.7. The number of benzene rings is 1. The molecule has 0 amide bonds. The van der Waals surface area contributed by atoms with Crippen LogP contribution in [0.25, 0.3) is 0 Å². The fourth-order valence-corrected chi connectivity index (χ4v) is 12.4. The van der Waals surface area contributed by atoms with E-state index < -0.39 is 0 Å². The fraction of sp³-hybridized carbons (Fsp3) is 0.918. The number of hydrogen-bond acceptors (Lipinski definition) is 0. The highest BCUT2D eigenvalue weighted by atomic mass is 14.2. The van der Waals surface area contributed by atoms with Crippen LogP contribution in [0.3, 0.4) is 0 Å². The van der Waals surface area contributed by atoms with Gasteiger partial charge in [0.05, 0.1) is 0 Å². The minimum absolute atomic E-state index is 1.32. The minimum atomic E-state index is 1.32. The van der Waals surface area contributed by atoms with Gasteiger partial charge < -0.3 is 0 Å².